The number of ether oxygens (including phenoxy) is 2. The first-order valence-corrected chi connectivity index (χ1v) is 9.92. The van der Waals surface area contributed by atoms with Gasteiger partial charge in [-0.2, -0.15) is 0 Å². The van der Waals surface area contributed by atoms with Crippen molar-refractivity contribution in [1.29, 1.82) is 0 Å². The molecule has 6 nitrogen and oxygen atoms in total. The fourth-order valence-corrected chi connectivity index (χ4v) is 3.71. The zero-order chi connectivity index (χ0) is 20.1. The fourth-order valence-electron chi connectivity index (χ4n) is 2.98. The summed E-state index contributed by atoms with van der Waals surface area (Å²) in [7, 11) is 3.25. The molecule has 0 aliphatic carbocycles. The normalized spacial score (nSPS) is 10.6. The Morgan fingerprint density at radius 2 is 1.83 bits per heavy atom. The van der Waals surface area contributed by atoms with Gasteiger partial charge in [-0.1, -0.05) is 12.1 Å². The van der Waals surface area contributed by atoms with Crippen LogP contribution in [0.1, 0.15) is 5.56 Å². The van der Waals surface area contributed by atoms with Crippen molar-refractivity contribution in [2.24, 2.45) is 0 Å². The molecule has 0 saturated carbocycles. The molecule has 0 saturated heterocycles. The molecule has 3 aromatic heterocycles. The van der Waals surface area contributed by atoms with Gasteiger partial charge in [0.05, 0.1) is 24.8 Å². The van der Waals surface area contributed by atoms with Gasteiger partial charge in [-0.25, -0.2) is 9.97 Å². The predicted molar refractivity (Wildman–Crippen MR) is 115 cm³/mol. The van der Waals surface area contributed by atoms with E-state index in [9.17, 15) is 0 Å². The van der Waals surface area contributed by atoms with E-state index in [4.69, 9.17) is 14.5 Å². The second-order valence-corrected chi connectivity index (χ2v) is 7.16. The first-order valence-electron chi connectivity index (χ1n) is 9.04. The maximum absolute atomic E-state index is 5.37. The minimum Gasteiger partial charge on any atom is -0.493 e. The molecule has 4 rings (SSSR count). The highest BCUT2D eigenvalue weighted by Crippen LogP contribution is 2.33. The van der Waals surface area contributed by atoms with Crippen molar-refractivity contribution in [3.8, 4) is 33.2 Å². The van der Waals surface area contributed by atoms with Crippen LogP contribution in [-0.2, 0) is 6.54 Å². The summed E-state index contributed by atoms with van der Waals surface area (Å²) in [4.78, 5) is 14.5. The predicted octanol–water partition coefficient (Wildman–Crippen LogP) is 4.90. The molecule has 146 valence electrons. The van der Waals surface area contributed by atoms with Crippen molar-refractivity contribution >= 4 is 17.3 Å². The Kier molecular flexibility index (Phi) is 5.67. The highest BCUT2D eigenvalue weighted by atomic mass is 32.1. The Bertz CT molecular complexity index is 1090. The van der Waals surface area contributed by atoms with Gasteiger partial charge in [0.15, 0.2) is 11.5 Å². The molecule has 3 heterocycles. The second kappa shape index (κ2) is 8.70. The summed E-state index contributed by atoms with van der Waals surface area (Å²) in [6, 6.07) is 13.8. The molecule has 29 heavy (non-hydrogen) atoms. The van der Waals surface area contributed by atoms with E-state index in [1.54, 1.807) is 38.0 Å². The molecule has 0 unspecified atom stereocenters. The van der Waals surface area contributed by atoms with Gasteiger partial charge in [-0.3, -0.25) is 4.98 Å². The SMILES string of the molecule is COc1ccc(CNc2ncc(-c3ccncc3)c(-c3cccs3)n2)cc1OC. The van der Waals surface area contributed by atoms with E-state index in [0.717, 1.165) is 27.3 Å². The summed E-state index contributed by atoms with van der Waals surface area (Å²) in [5.41, 5.74) is 3.96. The van der Waals surface area contributed by atoms with E-state index in [0.29, 0.717) is 24.0 Å². The van der Waals surface area contributed by atoms with Crippen molar-refractivity contribution in [3.63, 3.8) is 0 Å². The van der Waals surface area contributed by atoms with Crippen LogP contribution in [0.3, 0.4) is 0 Å². The van der Waals surface area contributed by atoms with Crippen molar-refractivity contribution in [2.75, 3.05) is 19.5 Å². The number of nitrogens with zero attached hydrogens (tertiary/aromatic N) is 3. The van der Waals surface area contributed by atoms with Crippen LogP contribution in [0.25, 0.3) is 21.7 Å². The van der Waals surface area contributed by atoms with Crippen molar-refractivity contribution < 1.29 is 9.47 Å². The molecule has 7 heteroatoms. The molecule has 0 amide bonds. The van der Waals surface area contributed by atoms with E-state index in [2.05, 4.69) is 21.4 Å². The molecule has 0 radical (unpaired) electrons. The second-order valence-electron chi connectivity index (χ2n) is 6.21. The monoisotopic (exact) mass is 404 g/mol. The lowest BCUT2D eigenvalue weighted by Crippen LogP contribution is -2.05. The van der Waals surface area contributed by atoms with Crippen LogP contribution < -0.4 is 14.8 Å². The van der Waals surface area contributed by atoms with Gasteiger partial charge in [0.1, 0.15) is 0 Å². The molecule has 0 spiro atoms. The minimum atomic E-state index is 0.568. The number of rotatable bonds is 7. The fraction of sp³-hybridized carbons (Fsp3) is 0.136. The standard InChI is InChI=1S/C22H20N4O2S/c1-27-18-6-5-15(12-19(18)28-2)13-24-22-25-14-17(16-7-9-23-10-8-16)21(26-22)20-4-3-11-29-20/h3-12,14H,13H2,1-2H3,(H,24,25,26). The molecule has 0 aliphatic rings. The number of benzene rings is 1. The van der Waals surface area contributed by atoms with E-state index in [-0.39, 0.29) is 0 Å². The average molecular weight is 404 g/mol. The van der Waals surface area contributed by atoms with Crippen LogP contribution in [0.4, 0.5) is 5.95 Å². The summed E-state index contributed by atoms with van der Waals surface area (Å²) in [6.45, 7) is 0.568. The van der Waals surface area contributed by atoms with Gasteiger partial charge < -0.3 is 14.8 Å². The Balaban J connectivity index is 1.61. The van der Waals surface area contributed by atoms with Crippen LogP contribution in [0.15, 0.2) is 66.4 Å². The highest BCUT2D eigenvalue weighted by Gasteiger charge is 2.13. The molecule has 1 N–H and O–H groups in total. The quantitative estimate of drug-likeness (QED) is 0.473. The molecule has 0 bridgehead atoms. The third-order valence-corrected chi connectivity index (χ3v) is 5.31. The van der Waals surface area contributed by atoms with Gasteiger partial charge in [0.25, 0.3) is 0 Å². The van der Waals surface area contributed by atoms with Crippen molar-refractivity contribution in [3.05, 3.63) is 72.0 Å². The van der Waals surface area contributed by atoms with Crippen LogP contribution in [0, 0.1) is 0 Å². The van der Waals surface area contributed by atoms with Crippen LogP contribution in [0.2, 0.25) is 0 Å². The Labute approximate surface area is 173 Å². The van der Waals surface area contributed by atoms with Crippen molar-refractivity contribution in [1.82, 2.24) is 15.0 Å². The lowest BCUT2D eigenvalue weighted by molar-refractivity contribution is 0.354. The minimum absolute atomic E-state index is 0.568. The van der Waals surface area contributed by atoms with Crippen LogP contribution >= 0.6 is 11.3 Å². The number of nitrogens with one attached hydrogen (secondary N) is 1. The topological polar surface area (TPSA) is 69.2 Å². The number of hydrogen-bond donors (Lipinski definition) is 1. The zero-order valence-electron chi connectivity index (χ0n) is 16.1. The number of hydrogen-bond acceptors (Lipinski definition) is 7. The lowest BCUT2D eigenvalue weighted by Gasteiger charge is -2.12. The number of aromatic nitrogens is 3. The summed E-state index contributed by atoms with van der Waals surface area (Å²) in [5, 5.41) is 5.35. The maximum Gasteiger partial charge on any atom is 0.223 e. The Hall–Kier alpha value is -3.45. The highest BCUT2D eigenvalue weighted by molar-refractivity contribution is 7.13. The Morgan fingerprint density at radius 3 is 2.55 bits per heavy atom. The number of pyridine rings is 1. The van der Waals surface area contributed by atoms with E-state index in [1.807, 2.05) is 48.0 Å². The summed E-state index contributed by atoms with van der Waals surface area (Å²) >= 11 is 1.65. The summed E-state index contributed by atoms with van der Waals surface area (Å²) in [5.74, 6) is 1.97. The van der Waals surface area contributed by atoms with E-state index >= 15 is 0 Å². The Morgan fingerprint density at radius 1 is 1.00 bits per heavy atom. The van der Waals surface area contributed by atoms with Gasteiger partial charge in [-0.05, 0) is 46.8 Å². The van der Waals surface area contributed by atoms with E-state index in [1.165, 1.54) is 0 Å². The number of methoxy groups -OCH3 is 2. The third-order valence-electron chi connectivity index (χ3n) is 4.43. The van der Waals surface area contributed by atoms with Crippen LogP contribution in [-0.4, -0.2) is 29.2 Å². The van der Waals surface area contributed by atoms with E-state index < -0.39 is 0 Å². The summed E-state index contributed by atoms with van der Waals surface area (Å²) in [6.07, 6.45) is 5.40. The molecular formula is C22H20N4O2S. The van der Waals surface area contributed by atoms with Gasteiger partial charge in [0, 0.05) is 30.7 Å². The largest absolute Gasteiger partial charge is 0.493 e. The molecule has 4 aromatic rings. The molecular weight excluding hydrogens is 384 g/mol. The van der Waals surface area contributed by atoms with Crippen LogP contribution in [0.5, 0.6) is 11.5 Å². The number of anilines is 1. The smallest absolute Gasteiger partial charge is 0.223 e. The first-order chi connectivity index (χ1) is 14.3. The van der Waals surface area contributed by atoms with Gasteiger partial charge in [0.2, 0.25) is 5.95 Å². The maximum atomic E-state index is 5.37. The molecule has 0 aliphatic heterocycles. The third kappa shape index (κ3) is 4.20. The molecule has 0 fully saturated rings. The van der Waals surface area contributed by atoms with Gasteiger partial charge >= 0.3 is 0 Å². The van der Waals surface area contributed by atoms with Crippen molar-refractivity contribution in [2.45, 2.75) is 6.54 Å². The average Bonchev–Trinajstić information content (AvgIpc) is 3.33. The number of thiophene rings is 1. The molecule has 1 aromatic carbocycles. The lowest BCUT2D eigenvalue weighted by atomic mass is 10.1. The zero-order valence-corrected chi connectivity index (χ0v) is 16.9. The molecule has 0 atom stereocenters. The van der Waals surface area contributed by atoms with Gasteiger partial charge in [-0.15, -0.1) is 11.3 Å². The summed E-state index contributed by atoms with van der Waals surface area (Å²) < 4.78 is 10.7. The first kappa shape index (κ1) is 18.9.